The number of rotatable bonds is 1. The first kappa shape index (κ1) is 14.3. The molecule has 106 valence electrons. The molecule has 0 spiro atoms. The van der Waals surface area contributed by atoms with E-state index >= 15 is 0 Å². The van der Waals surface area contributed by atoms with E-state index in [-0.39, 0.29) is 17.2 Å². The predicted molar refractivity (Wildman–Crippen MR) is 70.1 cm³/mol. The Hall–Kier alpha value is -2.16. The Labute approximate surface area is 116 Å². The molecular formula is C14H15F2N3O. The van der Waals surface area contributed by atoms with Crippen LogP contribution in [0.15, 0.2) is 12.1 Å². The van der Waals surface area contributed by atoms with E-state index in [0.29, 0.717) is 13.1 Å². The number of benzene rings is 1. The van der Waals surface area contributed by atoms with Crippen molar-refractivity contribution < 1.29 is 13.6 Å². The number of halogens is 2. The molecule has 0 N–H and O–H groups in total. The van der Waals surface area contributed by atoms with Crippen LogP contribution in [-0.2, 0) is 4.79 Å². The highest BCUT2D eigenvalue weighted by Crippen LogP contribution is 2.32. The van der Waals surface area contributed by atoms with Crippen LogP contribution < -0.4 is 4.90 Å². The lowest BCUT2D eigenvalue weighted by molar-refractivity contribution is -0.136. The summed E-state index contributed by atoms with van der Waals surface area (Å²) in [5.41, 5.74) is -1.30. The number of hydrogen-bond donors (Lipinski definition) is 0. The summed E-state index contributed by atoms with van der Waals surface area (Å²) in [6.07, 6.45) is 0. The highest BCUT2D eigenvalue weighted by molar-refractivity contribution is 5.90. The molecule has 1 saturated heterocycles. The number of anilines is 1. The van der Waals surface area contributed by atoms with Crippen molar-refractivity contribution in [2.75, 3.05) is 25.0 Å². The third-order valence-electron chi connectivity index (χ3n) is 3.68. The van der Waals surface area contributed by atoms with E-state index in [0.717, 1.165) is 0 Å². The standard InChI is InChI=1S/C14H15F2N3O/c1-14(2)13(20)18(3)6-7-19(14)10-5-4-9(8-17)11(15)12(10)16/h4-5H,6-7H2,1-3H3. The Morgan fingerprint density at radius 2 is 1.90 bits per heavy atom. The summed E-state index contributed by atoms with van der Waals surface area (Å²) in [6.45, 7) is 4.17. The zero-order chi connectivity index (χ0) is 15.1. The fourth-order valence-electron chi connectivity index (χ4n) is 2.47. The second-order valence-electron chi connectivity index (χ2n) is 5.31. The molecule has 1 heterocycles. The third kappa shape index (κ3) is 1.99. The molecule has 1 fully saturated rings. The Balaban J connectivity index is 2.50. The quantitative estimate of drug-likeness (QED) is 0.788. The van der Waals surface area contributed by atoms with Gasteiger partial charge in [0.1, 0.15) is 11.6 Å². The molecule has 0 saturated carbocycles. The number of nitriles is 1. The van der Waals surface area contributed by atoms with Crippen LogP contribution in [0.4, 0.5) is 14.5 Å². The molecule has 1 amide bonds. The van der Waals surface area contributed by atoms with Gasteiger partial charge in [0.2, 0.25) is 5.91 Å². The van der Waals surface area contributed by atoms with E-state index in [1.165, 1.54) is 17.0 Å². The van der Waals surface area contributed by atoms with Crippen LogP contribution in [0, 0.1) is 23.0 Å². The normalized spacial score (nSPS) is 18.1. The molecule has 2 rings (SSSR count). The van der Waals surface area contributed by atoms with Gasteiger partial charge in [-0.15, -0.1) is 0 Å². The molecule has 0 unspecified atom stereocenters. The zero-order valence-corrected chi connectivity index (χ0v) is 11.6. The van der Waals surface area contributed by atoms with Gasteiger partial charge in [-0.05, 0) is 26.0 Å². The summed E-state index contributed by atoms with van der Waals surface area (Å²) >= 11 is 0. The maximum Gasteiger partial charge on any atom is 0.247 e. The topological polar surface area (TPSA) is 47.3 Å². The van der Waals surface area contributed by atoms with E-state index in [1.54, 1.807) is 31.9 Å². The van der Waals surface area contributed by atoms with E-state index < -0.39 is 17.2 Å². The minimum Gasteiger partial charge on any atom is -0.353 e. The zero-order valence-electron chi connectivity index (χ0n) is 11.6. The number of likely N-dealkylation sites (N-methyl/N-ethyl adjacent to an activating group) is 1. The summed E-state index contributed by atoms with van der Waals surface area (Å²) in [4.78, 5) is 15.3. The van der Waals surface area contributed by atoms with E-state index in [2.05, 4.69) is 0 Å². The van der Waals surface area contributed by atoms with Gasteiger partial charge in [-0.3, -0.25) is 4.79 Å². The number of carbonyl (C=O) groups is 1. The molecule has 1 aliphatic heterocycles. The van der Waals surface area contributed by atoms with Crippen LogP contribution >= 0.6 is 0 Å². The lowest BCUT2D eigenvalue weighted by Crippen LogP contribution is -2.62. The maximum absolute atomic E-state index is 14.1. The van der Waals surface area contributed by atoms with Crippen LogP contribution in [-0.4, -0.2) is 36.5 Å². The average molecular weight is 279 g/mol. The minimum absolute atomic E-state index is 0.00736. The maximum atomic E-state index is 14.1. The highest BCUT2D eigenvalue weighted by atomic mass is 19.2. The summed E-state index contributed by atoms with van der Waals surface area (Å²) in [5, 5.41) is 8.69. The molecule has 1 aliphatic rings. The molecule has 6 heteroatoms. The third-order valence-corrected chi connectivity index (χ3v) is 3.68. The predicted octanol–water partition coefficient (Wildman–Crippen LogP) is 1.89. The fraction of sp³-hybridized carbons (Fsp3) is 0.429. The van der Waals surface area contributed by atoms with Crippen molar-refractivity contribution >= 4 is 11.6 Å². The van der Waals surface area contributed by atoms with Crippen LogP contribution in [0.1, 0.15) is 19.4 Å². The van der Waals surface area contributed by atoms with Crippen LogP contribution in [0.25, 0.3) is 0 Å². The Bertz CT molecular complexity index is 607. The number of amides is 1. The van der Waals surface area contributed by atoms with E-state index in [9.17, 15) is 13.6 Å². The van der Waals surface area contributed by atoms with Crippen molar-refractivity contribution in [2.24, 2.45) is 0 Å². The van der Waals surface area contributed by atoms with Gasteiger partial charge in [0.15, 0.2) is 11.6 Å². The molecule has 0 atom stereocenters. The molecule has 0 aromatic heterocycles. The number of nitrogens with zero attached hydrogens (tertiary/aromatic N) is 3. The molecule has 4 nitrogen and oxygen atoms in total. The monoisotopic (exact) mass is 279 g/mol. The van der Waals surface area contributed by atoms with Gasteiger partial charge in [0.25, 0.3) is 0 Å². The lowest BCUT2D eigenvalue weighted by atomic mass is 9.96. The number of carbonyl (C=O) groups excluding carboxylic acids is 1. The van der Waals surface area contributed by atoms with E-state index in [4.69, 9.17) is 5.26 Å². The largest absolute Gasteiger partial charge is 0.353 e. The van der Waals surface area contributed by atoms with Gasteiger partial charge >= 0.3 is 0 Å². The first-order valence-corrected chi connectivity index (χ1v) is 6.22. The van der Waals surface area contributed by atoms with Gasteiger partial charge in [0, 0.05) is 20.1 Å². The first-order valence-electron chi connectivity index (χ1n) is 6.22. The van der Waals surface area contributed by atoms with Crippen molar-refractivity contribution in [2.45, 2.75) is 19.4 Å². The van der Waals surface area contributed by atoms with Crippen LogP contribution in [0.5, 0.6) is 0 Å². The first-order chi connectivity index (χ1) is 9.30. The smallest absolute Gasteiger partial charge is 0.247 e. The average Bonchev–Trinajstić information content (AvgIpc) is 2.40. The van der Waals surface area contributed by atoms with Gasteiger partial charge in [0.05, 0.1) is 11.3 Å². The molecular weight excluding hydrogens is 264 g/mol. The summed E-state index contributed by atoms with van der Waals surface area (Å²) < 4.78 is 27.8. The Morgan fingerprint density at radius 1 is 1.25 bits per heavy atom. The molecule has 1 aromatic carbocycles. The SMILES string of the molecule is CN1CCN(c2ccc(C#N)c(F)c2F)C(C)(C)C1=O. The van der Waals surface area contributed by atoms with Gasteiger partial charge in [-0.2, -0.15) is 5.26 Å². The fourth-order valence-corrected chi connectivity index (χ4v) is 2.47. The summed E-state index contributed by atoms with van der Waals surface area (Å²) in [6, 6.07) is 4.17. The summed E-state index contributed by atoms with van der Waals surface area (Å²) in [7, 11) is 1.68. The Morgan fingerprint density at radius 3 is 2.50 bits per heavy atom. The van der Waals surface area contributed by atoms with Gasteiger partial charge in [-0.25, -0.2) is 8.78 Å². The number of piperazine rings is 1. The van der Waals surface area contributed by atoms with E-state index in [1.807, 2.05) is 0 Å². The highest BCUT2D eigenvalue weighted by Gasteiger charge is 2.41. The van der Waals surface area contributed by atoms with Gasteiger partial charge < -0.3 is 9.80 Å². The van der Waals surface area contributed by atoms with Crippen molar-refractivity contribution in [1.29, 1.82) is 5.26 Å². The molecule has 0 aliphatic carbocycles. The molecule has 1 aromatic rings. The second kappa shape index (κ2) is 4.75. The van der Waals surface area contributed by atoms with Crippen molar-refractivity contribution in [3.63, 3.8) is 0 Å². The van der Waals surface area contributed by atoms with Crippen LogP contribution in [0.2, 0.25) is 0 Å². The van der Waals surface area contributed by atoms with Crippen molar-refractivity contribution in [1.82, 2.24) is 4.90 Å². The van der Waals surface area contributed by atoms with Crippen LogP contribution in [0.3, 0.4) is 0 Å². The van der Waals surface area contributed by atoms with Crippen molar-refractivity contribution in [3.05, 3.63) is 29.3 Å². The second-order valence-corrected chi connectivity index (χ2v) is 5.31. The van der Waals surface area contributed by atoms with Crippen molar-refractivity contribution in [3.8, 4) is 6.07 Å². The molecule has 20 heavy (non-hydrogen) atoms. The number of hydrogen-bond acceptors (Lipinski definition) is 3. The minimum atomic E-state index is -1.17. The lowest BCUT2D eigenvalue weighted by Gasteiger charge is -2.46. The summed E-state index contributed by atoms with van der Waals surface area (Å²) in [5.74, 6) is -2.42. The molecule has 0 radical (unpaired) electrons. The van der Waals surface area contributed by atoms with Gasteiger partial charge in [-0.1, -0.05) is 0 Å². The Kier molecular flexibility index (Phi) is 3.38. The molecule has 0 bridgehead atoms.